The van der Waals surface area contributed by atoms with Gasteiger partial charge in [-0.1, -0.05) is 97.1 Å². The maximum atomic E-state index is 13.7. The van der Waals surface area contributed by atoms with E-state index in [2.05, 4.69) is 34.6 Å². The fraction of sp³-hybridized carbons (Fsp3) is 0.125. The molecular formula is C32H27N3O2. The zero-order chi connectivity index (χ0) is 25.2. The lowest BCUT2D eigenvalue weighted by atomic mass is 9.93. The number of H-pyrrole nitrogens is 1. The maximum Gasteiger partial charge on any atom is 0.255 e. The predicted octanol–water partition coefficient (Wildman–Crippen LogP) is 5.74. The van der Waals surface area contributed by atoms with E-state index in [0.29, 0.717) is 12.1 Å². The number of rotatable bonds is 7. The van der Waals surface area contributed by atoms with Crippen molar-refractivity contribution in [2.45, 2.75) is 12.5 Å². The van der Waals surface area contributed by atoms with Gasteiger partial charge in [0.15, 0.2) is 0 Å². The van der Waals surface area contributed by atoms with Crippen LogP contribution in [0.5, 0.6) is 0 Å². The third-order valence-electron chi connectivity index (χ3n) is 7.03. The predicted molar refractivity (Wildman–Crippen MR) is 146 cm³/mol. The molecule has 0 radical (unpaired) electrons. The first kappa shape index (κ1) is 22.8. The Bertz CT molecular complexity index is 1570. The number of fused-ring (bicyclic) bond motifs is 2. The zero-order valence-electron chi connectivity index (χ0n) is 20.4. The summed E-state index contributed by atoms with van der Waals surface area (Å²) in [6.07, 6.45) is 0.741. The highest BCUT2D eigenvalue weighted by Crippen LogP contribution is 2.45. The second-order valence-electron chi connectivity index (χ2n) is 9.33. The highest BCUT2D eigenvalue weighted by atomic mass is 16.2. The lowest BCUT2D eigenvalue weighted by Gasteiger charge is -2.26. The molecule has 1 aromatic heterocycles. The molecule has 182 valence electrons. The van der Waals surface area contributed by atoms with E-state index < -0.39 is 0 Å². The number of benzene rings is 4. The van der Waals surface area contributed by atoms with Crippen LogP contribution in [0.4, 0.5) is 0 Å². The molecule has 2 heterocycles. The van der Waals surface area contributed by atoms with Gasteiger partial charge in [-0.15, -0.1) is 0 Å². The Kier molecular flexibility index (Phi) is 6.03. The number of carbonyl (C=O) groups is 2. The Balaban J connectivity index is 1.37. The van der Waals surface area contributed by atoms with Crippen molar-refractivity contribution < 1.29 is 9.59 Å². The topological polar surface area (TPSA) is 65.2 Å². The summed E-state index contributed by atoms with van der Waals surface area (Å²) in [4.78, 5) is 32.1. The number of hydrogen-bond donors (Lipinski definition) is 2. The van der Waals surface area contributed by atoms with Gasteiger partial charge in [0.25, 0.3) is 5.91 Å². The van der Waals surface area contributed by atoms with E-state index >= 15 is 0 Å². The largest absolute Gasteiger partial charge is 0.354 e. The van der Waals surface area contributed by atoms with Crippen molar-refractivity contribution in [3.8, 4) is 11.3 Å². The highest BCUT2D eigenvalue weighted by Gasteiger charge is 2.40. The fourth-order valence-electron chi connectivity index (χ4n) is 5.33. The molecule has 6 rings (SSSR count). The number of para-hydroxylation sites is 1. The van der Waals surface area contributed by atoms with Gasteiger partial charge < -0.3 is 15.2 Å². The molecule has 5 nitrogen and oxygen atoms in total. The first-order valence-electron chi connectivity index (χ1n) is 12.6. The first-order valence-corrected chi connectivity index (χ1v) is 12.6. The number of carbonyl (C=O) groups excluding carboxylic acids is 2. The van der Waals surface area contributed by atoms with Crippen LogP contribution in [0.15, 0.2) is 109 Å². The van der Waals surface area contributed by atoms with Crippen molar-refractivity contribution in [3.05, 3.63) is 131 Å². The van der Waals surface area contributed by atoms with Crippen LogP contribution in [0.1, 0.15) is 33.1 Å². The summed E-state index contributed by atoms with van der Waals surface area (Å²) in [6, 6.07) is 35.7. The zero-order valence-corrected chi connectivity index (χ0v) is 20.4. The van der Waals surface area contributed by atoms with Crippen LogP contribution in [0.25, 0.3) is 22.2 Å². The number of amides is 2. The van der Waals surface area contributed by atoms with E-state index in [1.54, 1.807) is 4.90 Å². The molecule has 0 saturated heterocycles. The molecule has 0 bridgehead atoms. The Morgan fingerprint density at radius 2 is 1.49 bits per heavy atom. The third-order valence-corrected chi connectivity index (χ3v) is 7.03. The van der Waals surface area contributed by atoms with Crippen LogP contribution in [0.2, 0.25) is 0 Å². The van der Waals surface area contributed by atoms with Crippen LogP contribution in [-0.4, -0.2) is 34.8 Å². The standard InChI is InChI=1S/C32H27N3O2/c36-28(33-20-19-22-11-3-1-4-12-22)21-35-31(24-15-7-8-16-25(24)32(35)37)29-26-17-9-10-18-27(26)34-30(29)23-13-5-2-6-14-23/h1-18,31,34H,19-21H2,(H,33,36). The lowest BCUT2D eigenvalue weighted by molar-refractivity contribution is -0.122. The van der Waals surface area contributed by atoms with Crippen molar-refractivity contribution in [2.24, 2.45) is 0 Å². The molecule has 4 aromatic carbocycles. The van der Waals surface area contributed by atoms with Crippen LogP contribution in [0, 0.1) is 0 Å². The van der Waals surface area contributed by atoms with Gasteiger partial charge in [-0.25, -0.2) is 0 Å². The van der Waals surface area contributed by atoms with Crippen molar-refractivity contribution in [1.29, 1.82) is 0 Å². The monoisotopic (exact) mass is 485 g/mol. The molecule has 2 amide bonds. The molecule has 1 atom stereocenters. The molecular weight excluding hydrogens is 458 g/mol. The van der Waals surface area contributed by atoms with E-state index in [0.717, 1.165) is 45.3 Å². The van der Waals surface area contributed by atoms with Crippen molar-refractivity contribution in [3.63, 3.8) is 0 Å². The molecule has 2 N–H and O–H groups in total. The van der Waals surface area contributed by atoms with Gasteiger partial charge in [-0.3, -0.25) is 9.59 Å². The van der Waals surface area contributed by atoms with E-state index in [4.69, 9.17) is 0 Å². The second kappa shape index (κ2) is 9.78. The van der Waals surface area contributed by atoms with Crippen molar-refractivity contribution in [1.82, 2.24) is 15.2 Å². The summed E-state index contributed by atoms with van der Waals surface area (Å²) in [5, 5.41) is 4.06. The van der Waals surface area contributed by atoms with Gasteiger partial charge in [0.2, 0.25) is 5.91 Å². The highest BCUT2D eigenvalue weighted by molar-refractivity contribution is 6.03. The summed E-state index contributed by atoms with van der Waals surface area (Å²) >= 11 is 0. The SMILES string of the molecule is O=C(CN1C(=O)c2ccccc2C1c1c(-c2ccccc2)[nH]c2ccccc12)NCCc1ccccc1. The van der Waals surface area contributed by atoms with Gasteiger partial charge in [0, 0.05) is 28.6 Å². The fourth-order valence-corrected chi connectivity index (χ4v) is 5.33. The molecule has 37 heavy (non-hydrogen) atoms. The number of aromatic nitrogens is 1. The van der Waals surface area contributed by atoms with Crippen molar-refractivity contribution in [2.75, 3.05) is 13.1 Å². The van der Waals surface area contributed by atoms with Crippen LogP contribution < -0.4 is 5.32 Å². The molecule has 0 fully saturated rings. The Morgan fingerprint density at radius 3 is 2.30 bits per heavy atom. The summed E-state index contributed by atoms with van der Waals surface area (Å²) in [5.74, 6) is -0.286. The van der Waals surface area contributed by atoms with E-state index in [1.165, 1.54) is 0 Å². The number of nitrogens with one attached hydrogen (secondary N) is 2. The minimum absolute atomic E-state index is 0.0132. The number of aromatic amines is 1. The summed E-state index contributed by atoms with van der Waals surface area (Å²) in [7, 11) is 0. The number of nitrogens with zero attached hydrogens (tertiary/aromatic N) is 1. The minimum atomic E-state index is -0.380. The van der Waals surface area contributed by atoms with Crippen molar-refractivity contribution >= 4 is 22.7 Å². The summed E-state index contributed by atoms with van der Waals surface area (Å²) < 4.78 is 0. The van der Waals surface area contributed by atoms with Gasteiger partial charge in [0.05, 0.1) is 11.7 Å². The van der Waals surface area contributed by atoms with Gasteiger partial charge in [0.1, 0.15) is 6.54 Å². The third kappa shape index (κ3) is 4.29. The Hall–Kier alpha value is -4.64. The van der Waals surface area contributed by atoms with E-state index in [1.807, 2.05) is 84.9 Å². The summed E-state index contributed by atoms with van der Waals surface area (Å²) in [5.41, 5.74) is 6.75. The Morgan fingerprint density at radius 1 is 0.811 bits per heavy atom. The molecule has 1 aliphatic heterocycles. The minimum Gasteiger partial charge on any atom is -0.354 e. The number of hydrogen-bond acceptors (Lipinski definition) is 2. The molecule has 0 saturated carbocycles. The first-order chi connectivity index (χ1) is 18.2. The second-order valence-corrected chi connectivity index (χ2v) is 9.33. The summed E-state index contributed by atoms with van der Waals surface area (Å²) in [6.45, 7) is 0.506. The normalized spacial score (nSPS) is 14.6. The van der Waals surface area contributed by atoms with Gasteiger partial charge in [-0.2, -0.15) is 0 Å². The molecule has 1 aliphatic rings. The van der Waals surface area contributed by atoms with Gasteiger partial charge in [-0.05, 0) is 35.2 Å². The molecule has 5 heteroatoms. The molecule has 1 unspecified atom stereocenters. The quantitative estimate of drug-likeness (QED) is 0.309. The lowest BCUT2D eigenvalue weighted by Crippen LogP contribution is -2.40. The van der Waals surface area contributed by atoms with Crippen LogP contribution >= 0.6 is 0 Å². The van der Waals surface area contributed by atoms with Crippen LogP contribution in [0.3, 0.4) is 0 Å². The molecule has 5 aromatic rings. The maximum absolute atomic E-state index is 13.7. The van der Waals surface area contributed by atoms with Gasteiger partial charge >= 0.3 is 0 Å². The molecule has 0 spiro atoms. The average molecular weight is 486 g/mol. The van der Waals surface area contributed by atoms with Crippen LogP contribution in [-0.2, 0) is 11.2 Å². The van der Waals surface area contributed by atoms with E-state index in [9.17, 15) is 9.59 Å². The Labute approximate surface area is 215 Å². The van der Waals surface area contributed by atoms with E-state index in [-0.39, 0.29) is 24.4 Å². The average Bonchev–Trinajstić information content (AvgIpc) is 3.45. The smallest absolute Gasteiger partial charge is 0.255 e. The molecule has 0 aliphatic carbocycles.